The molecule has 3 aromatic heterocycles. The quantitative estimate of drug-likeness (QED) is 0.197. The van der Waals surface area contributed by atoms with E-state index in [-0.39, 0.29) is 23.1 Å². The Morgan fingerprint density at radius 3 is 2.39 bits per heavy atom. The van der Waals surface area contributed by atoms with E-state index in [1.54, 1.807) is 25.1 Å². The second-order valence-corrected chi connectivity index (χ2v) is 11.5. The summed E-state index contributed by atoms with van der Waals surface area (Å²) in [6.45, 7) is 8.15. The molecular formula is C32H28F3N9. The maximum absolute atomic E-state index is 14.3. The normalized spacial score (nSPS) is 12.0. The highest BCUT2D eigenvalue weighted by atomic mass is 19.1. The van der Waals surface area contributed by atoms with Crippen molar-refractivity contribution in [3.05, 3.63) is 106 Å². The summed E-state index contributed by atoms with van der Waals surface area (Å²) < 4.78 is 44.0. The van der Waals surface area contributed by atoms with Gasteiger partial charge in [-0.1, -0.05) is 38.1 Å². The number of nitrogens with zero attached hydrogens (tertiary/aromatic N) is 7. The molecule has 9 nitrogen and oxygen atoms in total. The molecule has 0 aliphatic heterocycles. The molecule has 0 bridgehead atoms. The standard InChI is InChI=1S/C32H28F3N9/c1-18-22(8-9-28(35)40-18)31(27-16-44(43-42-27)15-24-25(33)6-5-7-26(24)34)41-21-10-19(12-36)29-23(11-21)30(20(13-37)14-38-29)39-17-32(2,3)4/h5-11,14,16,31,41H,15,17H2,1-4H3,(H,38,39)/t31-/m0/s1. The minimum absolute atomic E-state index is 0.105. The van der Waals surface area contributed by atoms with Crippen molar-refractivity contribution in [1.82, 2.24) is 25.0 Å². The molecule has 0 saturated carbocycles. The molecule has 0 fully saturated rings. The van der Waals surface area contributed by atoms with Gasteiger partial charge in [0.15, 0.2) is 0 Å². The van der Waals surface area contributed by atoms with E-state index in [2.05, 4.69) is 63.8 Å². The molecule has 5 aromatic rings. The average molecular weight is 596 g/mol. The molecule has 0 amide bonds. The molecule has 0 spiro atoms. The zero-order valence-electron chi connectivity index (χ0n) is 24.5. The lowest BCUT2D eigenvalue weighted by Gasteiger charge is -2.22. The number of aryl methyl sites for hydroxylation is 1. The lowest BCUT2D eigenvalue weighted by atomic mass is 9.96. The van der Waals surface area contributed by atoms with Crippen LogP contribution in [0.1, 0.15) is 60.5 Å². The lowest BCUT2D eigenvalue weighted by molar-refractivity contribution is 0.443. The Morgan fingerprint density at radius 1 is 1.00 bits per heavy atom. The van der Waals surface area contributed by atoms with E-state index >= 15 is 0 Å². The van der Waals surface area contributed by atoms with E-state index in [1.165, 1.54) is 29.2 Å². The van der Waals surface area contributed by atoms with Gasteiger partial charge in [0, 0.05) is 40.6 Å². The smallest absolute Gasteiger partial charge is 0.213 e. The number of benzene rings is 2. The molecule has 3 heterocycles. The number of nitrogens with one attached hydrogen (secondary N) is 2. The maximum Gasteiger partial charge on any atom is 0.213 e. The van der Waals surface area contributed by atoms with Crippen LogP contribution in [0.3, 0.4) is 0 Å². The van der Waals surface area contributed by atoms with Crippen molar-refractivity contribution in [3.63, 3.8) is 0 Å². The van der Waals surface area contributed by atoms with Gasteiger partial charge in [-0.3, -0.25) is 4.98 Å². The molecule has 2 aromatic carbocycles. The third kappa shape index (κ3) is 6.30. The first-order valence-electron chi connectivity index (χ1n) is 13.7. The van der Waals surface area contributed by atoms with Crippen molar-refractivity contribution in [2.24, 2.45) is 5.41 Å². The van der Waals surface area contributed by atoms with Crippen LogP contribution in [0.2, 0.25) is 0 Å². The Morgan fingerprint density at radius 2 is 1.73 bits per heavy atom. The van der Waals surface area contributed by atoms with Crippen LogP contribution in [0.5, 0.6) is 0 Å². The topological polar surface area (TPSA) is 128 Å². The monoisotopic (exact) mass is 595 g/mol. The Balaban J connectivity index is 1.61. The van der Waals surface area contributed by atoms with Crippen molar-refractivity contribution in [1.29, 1.82) is 10.5 Å². The summed E-state index contributed by atoms with van der Waals surface area (Å²) in [5, 5.41) is 35.5. The van der Waals surface area contributed by atoms with Crippen molar-refractivity contribution in [3.8, 4) is 12.1 Å². The average Bonchev–Trinajstić information content (AvgIpc) is 3.44. The summed E-state index contributed by atoms with van der Waals surface area (Å²) in [4.78, 5) is 8.35. The number of anilines is 2. The fourth-order valence-electron chi connectivity index (χ4n) is 4.79. The fraction of sp³-hybridized carbons (Fsp3) is 0.250. The van der Waals surface area contributed by atoms with Crippen LogP contribution < -0.4 is 10.6 Å². The Labute approximate surface area is 252 Å². The van der Waals surface area contributed by atoms with E-state index in [1.807, 2.05) is 0 Å². The van der Waals surface area contributed by atoms with Crippen molar-refractivity contribution in [2.45, 2.75) is 40.3 Å². The summed E-state index contributed by atoms with van der Waals surface area (Å²) in [7, 11) is 0. The predicted octanol–water partition coefficient (Wildman–Crippen LogP) is 6.40. The van der Waals surface area contributed by atoms with E-state index in [4.69, 9.17) is 0 Å². The first kappa shape index (κ1) is 30.0. The zero-order chi connectivity index (χ0) is 31.6. The van der Waals surface area contributed by atoms with Gasteiger partial charge in [-0.2, -0.15) is 14.9 Å². The van der Waals surface area contributed by atoms with Crippen LogP contribution in [-0.2, 0) is 6.54 Å². The summed E-state index contributed by atoms with van der Waals surface area (Å²) in [5.74, 6) is -2.08. The van der Waals surface area contributed by atoms with Crippen molar-refractivity contribution < 1.29 is 13.2 Å². The van der Waals surface area contributed by atoms with Crippen LogP contribution in [0, 0.1) is 52.6 Å². The number of halogens is 3. The van der Waals surface area contributed by atoms with Gasteiger partial charge in [-0.15, -0.1) is 5.10 Å². The SMILES string of the molecule is Cc1nc(F)ccc1[C@H](Nc1cc(C#N)c2ncc(C#N)c(NCC(C)(C)C)c2c1)c1cn(Cc2c(F)cccc2F)nn1. The van der Waals surface area contributed by atoms with Gasteiger partial charge < -0.3 is 10.6 Å². The first-order chi connectivity index (χ1) is 21.0. The third-order valence-electron chi connectivity index (χ3n) is 6.96. The number of nitriles is 2. The molecule has 2 N–H and O–H groups in total. The Kier molecular flexibility index (Phi) is 8.19. The Hall–Kier alpha value is -5.49. The molecule has 5 rings (SSSR count). The number of pyridine rings is 2. The summed E-state index contributed by atoms with van der Waals surface area (Å²) >= 11 is 0. The van der Waals surface area contributed by atoms with Gasteiger partial charge >= 0.3 is 0 Å². The van der Waals surface area contributed by atoms with Crippen LogP contribution in [0.15, 0.2) is 54.9 Å². The molecule has 0 unspecified atom stereocenters. The summed E-state index contributed by atoms with van der Waals surface area (Å²) in [6, 6.07) is 13.4. The molecule has 1 atom stereocenters. The number of hydrogen-bond acceptors (Lipinski definition) is 8. The largest absolute Gasteiger partial charge is 0.383 e. The second-order valence-electron chi connectivity index (χ2n) is 11.5. The summed E-state index contributed by atoms with van der Waals surface area (Å²) in [5.41, 5.74) is 3.04. The van der Waals surface area contributed by atoms with Crippen LogP contribution >= 0.6 is 0 Å². The van der Waals surface area contributed by atoms with Gasteiger partial charge in [0.2, 0.25) is 5.95 Å². The van der Waals surface area contributed by atoms with Gasteiger partial charge in [0.1, 0.15) is 29.5 Å². The van der Waals surface area contributed by atoms with E-state index < -0.39 is 23.6 Å². The first-order valence-corrected chi connectivity index (χ1v) is 13.7. The number of hydrogen-bond donors (Lipinski definition) is 2. The van der Waals surface area contributed by atoms with E-state index in [0.717, 1.165) is 12.1 Å². The molecule has 12 heteroatoms. The molecule has 222 valence electrons. The van der Waals surface area contributed by atoms with Gasteiger partial charge in [-0.25, -0.2) is 18.4 Å². The van der Waals surface area contributed by atoms with Crippen LogP contribution in [-0.4, -0.2) is 31.5 Å². The Bertz CT molecular complexity index is 1930. The molecule has 44 heavy (non-hydrogen) atoms. The number of aromatic nitrogens is 5. The maximum atomic E-state index is 14.3. The van der Waals surface area contributed by atoms with Crippen LogP contribution in [0.25, 0.3) is 10.9 Å². The minimum atomic E-state index is -0.760. The molecular weight excluding hydrogens is 567 g/mol. The predicted molar refractivity (Wildman–Crippen MR) is 159 cm³/mol. The van der Waals surface area contributed by atoms with E-state index in [0.29, 0.717) is 51.3 Å². The van der Waals surface area contributed by atoms with Gasteiger partial charge in [0.05, 0.1) is 41.1 Å². The van der Waals surface area contributed by atoms with Crippen molar-refractivity contribution in [2.75, 3.05) is 17.2 Å². The van der Waals surface area contributed by atoms with Crippen molar-refractivity contribution >= 4 is 22.3 Å². The highest BCUT2D eigenvalue weighted by Gasteiger charge is 2.23. The van der Waals surface area contributed by atoms with E-state index in [9.17, 15) is 23.7 Å². The highest BCUT2D eigenvalue weighted by Crippen LogP contribution is 2.34. The number of rotatable bonds is 8. The second kappa shape index (κ2) is 12.0. The molecule has 0 aliphatic rings. The lowest BCUT2D eigenvalue weighted by Crippen LogP contribution is -2.20. The van der Waals surface area contributed by atoms with Gasteiger partial charge in [-0.05, 0) is 42.7 Å². The van der Waals surface area contributed by atoms with Crippen LogP contribution in [0.4, 0.5) is 24.5 Å². The molecule has 0 saturated heterocycles. The summed E-state index contributed by atoms with van der Waals surface area (Å²) in [6.07, 6.45) is 2.97. The fourth-order valence-corrected chi connectivity index (χ4v) is 4.79. The highest BCUT2D eigenvalue weighted by molar-refractivity contribution is 5.99. The molecule has 0 radical (unpaired) electrons. The number of fused-ring (bicyclic) bond motifs is 1. The third-order valence-corrected chi connectivity index (χ3v) is 6.96. The van der Waals surface area contributed by atoms with Gasteiger partial charge in [0.25, 0.3) is 0 Å². The molecule has 0 aliphatic carbocycles. The minimum Gasteiger partial charge on any atom is -0.383 e. The zero-order valence-corrected chi connectivity index (χ0v) is 24.5.